The fourth-order valence-corrected chi connectivity index (χ4v) is 4.84. The maximum absolute atomic E-state index is 12.6. The SMILES string of the molecule is CC(C)c1cc(Cl)cc(C(C)C)c1NC(=O)NS(=O)(=O)C1CCC(=O)N(C)C1. The van der Waals surface area contributed by atoms with E-state index in [4.69, 9.17) is 11.6 Å². The van der Waals surface area contributed by atoms with Gasteiger partial charge in [-0.15, -0.1) is 0 Å². The Bertz CT molecular complexity index is 839. The smallest absolute Gasteiger partial charge is 0.332 e. The van der Waals surface area contributed by atoms with E-state index in [2.05, 4.69) is 10.0 Å². The fraction of sp³-hybridized carbons (Fsp3) is 0.579. The van der Waals surface area contributed by atoms with Crippen molar-refractivity contribution in [2.75, 3.05) is 18.9 Å². The van der Waals surface area contributed by atoms with Gasteiger partial charge >= 0.3 is 6.03 Å². The molecule has 156 valence electrons. The van der Waals surface area contributed by atoms with Gasteiger partial charge in [0.1, 0.15) is 0 Å². The van der Waals surface area contributed by atoms with Crippen LogP contribution in [0.1, 0.15) is 63.5 Å². The number of urea groups is 1. The number of amides is 3. The molecule has 0 spiro atoms. The molecular weight excluding hydrogens is 402 g/mol. The molecule has 1 atom stereocenters. The summed E-state index contributed by atoms with van der Waals surface area (Å²) in [6.07, 6.45) is 0.344. The average Bonchev–Trinajstić information content (AvgIpc) is 2.57. The van der Waals surface area contributed by atoms with Crippen LogP contribution in [0.15, 0.2) is 12.1 Å². The fourth-order valence-electron chi connectivity index (χ4n) is 3.28. The van der Waals surface area contributed by atoms with Crippen molar-refractivity contribution < 1.29 is 18.0 Å². The highest BCUT2D eigenvalue weighted by molar-refractivity contribution is 7.90. The van der Waals surface area contributed by atoms with Gasteiger partial charge in [-0.3, -0.25) is 4.79 Å². The lowest BCUT2D eigenvalue weighted by Gasteiger charge is -2.29. The van der Waals surface area contributed by atoms with Gasteiger partial charge in [0.25, 0.3) is 0 Å². The predicted molar refractivity (Wildman–Crippen MR) is 111 cm³/mol. The third kappa shape index (κ3) is 5.17. The second-order valence-corrected chi connectivity index (χ2v) is 10.2. The first-order valence-electron chi connectivity index (χ1n) is 9.32. The molecule has 1 saturated heterocycles. The molecule has 0 aromatic heterocycles. The Kier molecular flexibility index (Phi) is 6.98. The molecule has 1 aliphatic rings. The van der Waals surface area contributed by atoms with Crippen LogP contribution in [0.3, 0.4) is 0 Å². The van der Waals surface area contributed by atoms with E-state index < -0.39 is 21.3 Å². The van der Waals surface area contributed by atoms with Crippen LogP contribution in [-0.4, -0.2) is 44.1 Å². The minimum atomic E-state index is -3.92. The van der Waals surface area contributed by atoms with Crippen molar-refractivity contribution in [3.05, 3.63) is 28.3 Å². The van der Waals surface area contributed by atoms with Crippen molar-refractivity contribution in [2.45, 2.75) is 57.6 Å². The van der Waals surface area contributed by atoms with Crippen molar-refractivity contribution in [1.82, 2.24) is 9.62 Å². The van der Waals surface area contributed by atoms with E-state index in [0.717, 1.165) is 11.1 Å². The van der Waals surface area contributed by atoms with Crippen molar-refractivity contribution in [3.63, 3.8) is 0 Å². The molecule has 28 heavy (non-hydrogen) atoms. The van der Waals surface area contributed by atoms with Crippen molar-refractivity contribution in [1.29, 1.82) is 0 Å². The van der Waals surface area contributed by atoms with Gasteiger partial charge in [0.05, 0.1) is 5.25 Å². The number of sulfonamides is 1. The van der Waals surface area contributed by atoms with Gasteiger partial charge in [0.2, 0.25) is 15.9 Å². The number of carbonyl (C=O) groups is 2. The standard InChI is InChI=1S/C19H28ClN3O4S/c1-11(2)15-8-13(20)9-16(12(3)4)18(15)21-19(25)22-28(26,27)14-6-7-17(24)23(5)10-14/h8-9,11-12,14H,6-7,10H2,1-5H3,(H2,21,22,25). The van der Waals surface area contributed by atoms with Gasteiger partial charge in [0, 0.05) is 30.7 Å². The summed E-state index contributed by atoms with van der Waals surface area (Å²) in [5.41, 5.74) is 2.26. The number of halogens is 1. The van der Waals surface area contributed by atoms with Crippen molar-refractivity contribution in [3.8, 4) is 0 Å². The molecule has 0 radical (unpaired) electrons. The number of likely N-dealkylation sites (tertiary alicyclic amines) is 1. The lowest BCUT2D eigenvalue weighted by atomic mass is 9.92. The Morgan fingerprint density at radius 1 is 1.18 bits per heavy atom. The van der Waals surface area contributed by atoms with Gasteiger partial charge < -0.3 is 10.2 Å². The number of nitrogens with zero attached hydrogens (tertiary/aromatic N) is 1. The van der Waals surface area contributed by atoms with E-state index >= 15 is 0 Å². The zero-order valence-corrected chi connectivity index (χ0v) is 18.4. The lowest BCUT2D eigenvalue weighted by Crippen LogP contribution is -2.49. The normalized spacial score (nSPS) is 17.9. The molecule has 1 aromatic rings. The third-order valence-electron chi connectivity index (χ3n) is 4.90. The van der Waals surface area contributed by atoms with Crippen molar-refractivity contribution in [2.24, 2.45) is 0 Å². The van der Waals surface area contributed by atoms with Gasteiger partial charge in [-0.1, -0.05) is 39.3 Å². The highest BCUT2D eigenvalue weighted by atomic mass is 35.5. The van der Waals surface area contributed by atoms with Gasteiger partial charge in [-0.05, 0) is 41.5 Å². The maximum atomic E-state index is 12.6. The van der Waals surface area contributed by atoms with Crippen LogP contribution in [0.2, 0.25) is 5.02 Å². The number of benzene rings is 1. The van der Waals surface area contributed by atoms with Crippen LogP contribution in [0, 0.1) is 0 Å². The zero-order valence-electron chi connectivity index (χ0n) is 16.9. The predicted octanol–water partition coefficient (Wildman–Crippen LogP) is 3.66. The number of carbonyl (C=O) groups excluding carboxylic acids is 2. The summed E-state index contributed by atoms with van der Waals surface area (Å²) < 4.78 is 27.3. The quantitative estimate of drug-likeness (QED) is 0.746. The summed E-state index contributed by atoms with van der Waals surface area (Å²) in [5, 5.41) is 2.47. The van der Waals surface area contributed by atoms with Crippen LogP contribution < -0.4 is 10.0 Å². The number of piperidine rings is 1. The molecule has 3 amide bonds. The van der Waals surface area contributed by atoms with Gasteiger partial charge in [-0.2, -0.15) is 0 Å². The second kappa shape index (κ2) is 8.69. The van der Waals surface area contributed by atoms with Gasteiger partial charge in [0.15, 0.2) is 0 Å². The second-order valence-electron chi connectivity index (χ2n) is 7.80. The van der Waals surface area contributed by atoms with E-state index in [1.54, 1.807) is 19.2 Å². The highest BCUT2D eigenvalue weighted by Gasteiger charge is 2.34. The molecule has 1 unspecified atom stereocenters. The molecule has 1 aromatic carbocycles. The Balaban J connectivity index is 2.24. The Hall–Kier alpha value is -1.80. The molecule has 0 aliphatic carbocycles. The van der Waals surface area contributed by atoms with E-state index in [1.165, 1.54) is 4.90 Å². The molecule has 2 rings (SSSR count). The highest BCUT2D eigenvalue weighted by Crippen LogP contribution is 2.35. The summed E-state index contributed by atoms with van der Waals surface area (Å²) in [4.78, 5) is 25.5. The molecule has 1 fully saturated rings. The molecule has 1 heterocycles. The topological polar surface area (TPSA) is 95.6 Å². The van der Waals surface area contributed by atoms with Crippen LogP contribution >= 0.6 is 11.6 Å². The monoisotopic (exact) mass is 429 g/mol. The number of nitrogens with one attached hydrogen (secondary N) is 2. The summed E-state index contributed by atoms with van der Waals surface area (Å²) in [6, 6.07) is 2.75. The maximum Gasteiger partial charge on any atom is 0.332 e. The number of hydrogen-bond acceptors (Lipinski definition) is 4. The molecular formula is C19H28ClN3O4S. The van der Waals surface area contributed by atoms with Gasteiger partial charge in [-0.25, -0.2) is 17.9 Å². The number of rotatable bonds is 5. The summed E-state index contributed by atoms with van der Waals surface area (Å²) >= 11 is 6.22. The number of hydrogen-bond donors (Lipinski definition) is 2. The molecule has 2 N–H and O–H groups in total. The summed E-state index contributed by atoms with van der Waals surface area (Å²) in [7, 11) is -2.36. The largest absolute Gasteiger partial charge is 0.344 e. The van der Waals surface area contributed by atoms with Crippen LogP contribution in [0.25, 0.3) is 0 Å². The average molecular weight is 430 g/mol. The molecule has 0 bridgehead atoms. The van der Waals surface area contributed by atoms with E-state index in [9.17, 15) is 18.0 Å². The first kappa shape index (κ1) is 22.5. The van der Waals surface area contributed by atoms with Crippen LogP contribution in [-0.2, 0) is 14.8 Å². The van der Waals surface area contributed by atoms with Crippen molar-refractivity contribution >= 4 is 39.2 Å². The minimum Gasteiger partial charge on any atom is -0.344 e. The van der Waals surface area contributed by atoms with Crippen LogP contribution in [0.5, 0.6) is 0 Å². The molecule has 0 saturated carbocycles. The van der Waals surface area contributed by atoms with Crippen LogP contribution in [0.4, 0.5) is 10.5 Å². The summed E-state index contributed by atoms with van der Waals surface area (Å²) in [5.74, 6) is 0.0717. The Morgan fingerprint density at radius 2 is 1.71 bits per heavy atom. The minimum absolute atomic E-state index is 0.0663. The third-order valence-corrected chi connectivity index (χ3v) is 6.85. The van der Waals surface area contributed by atoms with E-state index in [1.807, 2.05) is 27.7 Å². The first-order valence-corrected chi connectivity index (χ1v) is 11.2. The molecule has 9 heteroatoms. The Morgan fingerprint density at radius 3 is 2.18 bits per heavy atom. The molecule has 7 nitrogen and oxygen atoms in total. The number of anilines is 1. The lowest BCUT2D eigenvalue weighted by molar-refractivity contribution is -0.131. The van der Waals surface area contributed by atoms with E-state index in [0.29, 0.717) is 10.7 Å². The van der Waals surface area contributed by atoms with E-state index in [-0.39, 0.29) is 37.1 Å². The molecule has 1 aliphatic heterocycles. The first-order chi connectivity index (χ1) is 12.9. The summed E-state index contributed by atoms with van der Waals surface area (Å²) in [6.45, 7) is 7.97. The zero-order chi connectivity index (χ0) is 21.2. The Labute approximate surface area is 171 Å².